The predicted octanol–water partition coefficient (Wildman–Crippen LogP) is 2.53. The maximum absolute atomic E-state index is 9.19. The average Bonchev–Trinajstić information content (AvgIpc) is 2.79. The summed E-state index contributed by atoms with van der Waals surface area (Å²) in [5.41, 5.74) is 6.78. The third-order valence-corrected chi connectivity index (χ3v) is 4.09. The molecule has 1 aromatic carbocycles. The van der Waals surface area contributed by atoms with Crippen LogP contribution in [0, 0.1) is 17.2 Å². The lowest BCUT2D eigenvalue weighted by Crippen LogP contribution is -2.42. The first-order valence-corrected chi connectivity index (χ1v) is 6.62. The predicted molar refractivity (Wildman–Crippen MR) is 74.2 cm³/mol. The molecule has 3 nitrogen and oxygen atoms in total. The van der Waals surface area contributed by atoms with Gasteiger partial charge in [-0.3, -0.25) is 0 Å². The summed E-state index contributed by atoms with van der Waals surface area (Å²) in [5, 5.41) is 9.19. The van der Waals surface area contributed by atoms with Gasteiger partial charge in [-0.25, -0.2) is 0 Å². The summed E-state index contributed by atoms with van der Waals surface area (Å²) in [6.07, 6.45) is 4.02. The Hall–Kier alpha value is -1.53. The number of para-hydroxylation sites is 1. The van der Waals surface area contributed by atoms with Crippen molar-refractivity contribution in [3.05, 3.63) is 30.3 Å². The van der Waals surface area contributed by atoms with Crippen LogP contribution in [0.2, 0.25) is 0 Å². The first-order valence-electron chi connectivity index (χ1n) is 6.62. The van der Waals surface area contributed by atoms with Gasteiger partial charge in [0.1, 0.15) is 5.54 Å². The quantitative estimate of drug-likeness (QED) is 0.884. The van der Waals surface area contributed by atoms with E-state index in [9.17, 15) is 5.26 Å². The smallest absolute Gasteiger partial charge is 0.107 e. The Morgan fingerprint density at radius 3 is 2.83 bits per heavy atom. The Morgan fingerprint density at radius 2 is 2.17 bits per heavy atom. The van der Waals surface area contributed by atoms with Crippen LogP contribution in [0.5, 0.6) is 0 Å². The van der Waals surface area contributed by atoms with Crippen molar-refractivity contribution in [2.45, 2.75) is 31.2 Å². The van der Waals surface area contributed by atoms with Gasteiger partial charge in [-0.2, -0.15) is 5.26 Å². The molecule has 2 rings (SSSR count). The van der Waals surface area contributed by atoms with Crippen LogP contribution in [0.25, 0.3) is 0 Å². The third kappa shape index (κ3) is 2.65. The largest absolute Gasteiger partial charge is 0.375 e. The van der Waals surface area contributed by atoms with Gasteiger partial charge in [0.25, 0.3) is 0 Å². The van der Waals surface area contributed by atoms with Gasteiger partial charge in [0, 0.05) is 19.3 Å². The molecule has 1 aliphatic rings. The Balaban J connectivity index is 1.91. The number of nitrogens with zero attached hydrogens (tertiary/aromatic N) is 2. The molecule has 0 aromatic heterocycles. The van der Waals surface area contributed by atoms with Crippen molar-refractivity contribution >= 4 is 5.69 Å². The van der Waals surface area contributed by atoms with Crippen molar-refractivity contribution in [3.63, 3.8) is 0 Å². The summed E-state index contributed by atoms with van der Waals surface area (Å²) >= 11 is 0. The van der Waals surface area contributed by atoms with Crippen molar-refractivity contribution in [3.8, 4) is 6.07 Å². The SMILES string of the molecule is CN(CCC1CCCC1(N)C#N)c1ccccc1. The van der Waals surface area contributed by atoms with E-state index in [2.05, 4.69) is 30.1 Å². The van der Waals surface area contributed by atoms with E-state index in [1.807, 2.05) is 18.2 Å². The lowest BCUT2D eigenvalue weighted by atomic mass is 9.87. The van der Waals surface area contributed by atoms with E-state index in [0.29, 0.717) is 5.92 Å². The van der Waals surface area contributed by atoms with Crippen molar-refractivity contribution in [2.24, 2.45) is 11.7 Å². The van der Waals surface area contributed by atoms with Crippen LogP contribution in [-0.4, -0.2) is 19.1 Å². The molecule has 1 fully saturated rings. The fourth-order valence-corrected chi connectivity index (χ4v) is 2.81. The van der Waals surface area contributed by atoms with Crippen molar-refractivity contribution in [2.75, 3.05) is 18.5 Å². The second kappa shape index (κ2) is 5.41. The molecule has 1 aliphatic carbocycles. The zero-order valence-electron chi connectivity index (χ0n) is 11.0. The number of rotatable bonds is 4. The number of hydrogen-bond donors (Lipinski definition) is 1. The van der Waals surface area contributed by atoms with E-state index in [1.54, 1.807) is 0 Å². The summed E-state index contributed by atoms with van der Waals surface area (Å²) in [7, 11) is 2.09. The van der Waals surface area contributed by atoms with Gasteiger partial charge in [0.15, 0.2) is 0 Å². The molecule has 0 heterocycles. The van der Waals surface area contributed by atoms with Crippen LogP contribution in [0.1, 0.15) is 25.7 Å². The molecule has 0 bridgehead atoms. The van der Waals surface area contributed by atoms with Gasteiger partial charge >= 0.3 is 0 Å². The zero-order chi connectivity index (χ0) is 13.0. The highest BCUT2D eigenvalue weighted by Gasteiger charge is 2.39. The van der Waals surface area contributed by atoms with Gasteiger partial charge in [-0.15, -0.1) is 0 Å². The Labute approximate surface area is 109 Å². The van der Waals surface area contributed by atoms with Crippen LogP contribution < -0.4 is 10.6 Å². The molecule has 0 saturated heterocycles. The first kappa shape index (κ1) is 12.9. The van der Waals surface area contributed by atoms with E-state index in [1.165, 1.54) is 5.69 Å². The highest BCUT2D eigenvalue weighted by Crippen LogP contribution is 2.35. The zero-order valence-corrected chi connectivity index (χ0v) is 11.0. The fraction of sp³-hybridized carbons (Fsp3) is 0.533. The number of hydrogen-bond acceptors (Lipinski definition) is 3. The monoisotopic (exact) mass is 243 g/mol. The number of anilines is 1. The van der Waals surface area contributed by atoms with E-state index >= 15 is 0 Å². The summed E-state index contributed by atoms with van der Waals surface area (Å²) in [6.45, 7) is 0.954. The van der Waals surface area contributed by atoms with E-state index in [4.69, 9.17) is 5.73 Å². The van der Waals surface area contributed by atoms with Gasteiger partial charge in [0.05, 0.1) is 6.07 Å². The van der Waals surface area contributed by atoms with Crippen molar-refractivity contribution < 1.29 is 0 Å². The highest BCUT2D eigenvalue weighted by atomic mass is 15.1. The third-order valence-electron chi connectivity index (χ3n) is 4.09. The van der Waals surface area contributed by atoms with Crippen LogP contribution in [0.4, 0.5) is 5.69 Å². The molecule has 2 unspecified atom stereocenters. The minimum atomic E-state index is -0.586. The molecular formula is C15H21N3. The minimum Gasteiger partial charge on any atom is -0.375 e. The Kier molecular flexibility index (Phi) is 3.88. The summed E-state index contributed by atoms with van der Waals surface area (Å²) < 4.78 is 0. The van der Waals surface area contributed by atoms with E-state index in [-0.39, 0.29) is 0 Å². The number of benzene rings is 1. The van der Waals surface area contributed by atoms with Gasteiger partial charge < -0.3 is 10.6 Å². The van der Waals surface area contributed by atoms with Gasteiger partial charge in [0.2, 0.25) is 0 Å². The molecule has 0 spiro atoms. The van der Waals surface area contributed by atoms with Crippen LogP contribution in [0.3, 0.4) is 0 Å². The molecule has 1 saturated carbocycles. The Bertz CT molecular complexity index is 423. The molecule has 18 heavy (non-hydrogen) atoms. The fourth-order valence-electron chi connectivity index (χ4n) is 2.81. The highest BCUT2D eigenvalue weighted by molar-refractivity contribution is 5.44. The molecular weight excluding hydrogens is 222 g/mol. The molecule has 0 radical (unpaired) electrons. The topological polar surface area (TPSA) is 53.0 Å². The molecule has 3 heteroatoms. The standard InChI is InChI=1S/C15H21N3/c1-18(14-7-3-2-4-8-14)11-9-13-6-5-10-15(13,17)12-16/h2-4,7-8,13H,5-6,9-11,17H2,1H3. The van der Waals surface area contributed by atoms with Crippen LogP contribution >= 0.6 is 0 Å². The molecule has 2 atom stereocenters. The normalized spacial score (nSPS) is 26.8. The van der Waals surface area contributed by atoms with Crippen LogP contribution in [-0.2, 0) is 0 Å². The van der Waals surface area contributed by atoms with E-state index < -0.39 is 5.54 Å². The summed E-state index contributed by atoms with van der Waals surface area (Å²) in [4.78, 5) is 2.23. The lowest BCUT2D eigenvalue weighted by molar-refractivity contribution is 0.376. The van der Waals surface area contributed by atoms with Crippen molar-refractivity contribution in [1.82, 2.24) is 0 Å². The number of nitrogens with two attached hydrogens (primary N) is 1. The van der Waals surface area contributed by atoms with Gasteiger partial charge in [-0.05, 0) is 37.3 Å². The van der Waals surface area contributed by atoms with Crippen molar-refractivity contribution in [1.29, 1.82) is 5.26 Å². The molecule has 96 valence electrons. The summed E-state index contributed by atoms with van der Waals surface area (Å²) in [5.74, 6) is 0.341. The van der Waals surface area contributed by atoms with Crippen LogP contribution in [0.15, 0.2) is 30.3 Å². The van der Waals surface area contributed by atoms with Gasteiger partial charge in [-0.1, -0.05) is 24.6 Å². The van der Waals surface area contributed by atoms with E-state index in [0.717, 1.165) is 32.2 Å². The Morgan fingerprint density at radius 1 is 1.44 bits per heavy atom. The summed E-state index contributed by atoms with van der Waals surface area (Å²) in [6, 6.07) is 12.6. The maximum atomic E-state index is 9.19. The second-order valence-corrected chi connectivity index (χ2v) is 5.29. The lowest BCUT2D eigenvalue weighted by Gasteiger charge is -2.27. The number of nitriles is 1. The average molecular weight is 243 g/mol. The maximum Gasteiger partial charge on any atom is 0.107 e. The molecule has 0 aliphatic heterocycles. The molecule has 2 N–H and O–H groups in total. The first-order chi connectivity index (χ1) is 8.65. The minimum absolute atomic E-state index is 0.341. The molecule has 0 amide bonds. The molecule has 1 aromatic rings. The second-order valence-electron chi connectivity index (χ2n) is 5.29.